The molecule has 0 atom stereocenters. The van der Waals surface area contributed by atoms with Crippen molar-refractivity contribution >= 4 is 21.6 Å². The molecule has 1 aromatic carbocycles. The van der Waals surface area contributed by atoms with Crippen LogP contribution < -0.4 is 11.1 Å². The maximum absolute atomic E-state index is 11.9. The summed E-state index contributed by atoms with van der Waals surface area (Å²) >= 11 is 0. The highest BCUT2D eigenvalue weighted by molar-refractivity contribution is 7.91. The fraction of sp³-hybridized carbons (Fsp3) is 0.300. The summed E-state index contributed by atoms with van der Waals surface area (Å²) in [6.45, 7) is 2.98. The van der Waals surface area contributed by atoms with Crippen molar-refractivity contribution in [2.24, 2.45) is 5.73 Å². The van der Waals surface area contributed by atoms with Crippen molar-refractivity contribution in [1.29, 1.82) is 0 Å². The van der Waals surface area contributed by atoms with E-state index in [1.165, 1.54) is 26.0 Å². The van der Waals surface area contributed by atoms with Crippen LogP contribution in [0.5, 0.6) is 0 Å². The van der Waals surface area contributed by atoms with Crippen LogP contribution >= 0.6 is 0 Å². The van der Waals surface area contributed by atoms with Crippen molar-refractivity contribution in [3.63, 3.8) is 0 Å². The van der Waals surface area contributed by atoms with Crippen LogP contribution in [0.15, 0.2) is 17.0 Å². The molecule has 0 saturated heterocycles. The van der Waals surface area contributed by atoms with Gasteiger partial charge in [0, 0.05) is 10.6 Å². The first-order valence-corrected chi connectivity index (χ1v) is 6.81. The Morgan fingerprint density at radius 2 is 1.84 bits per heavy atom. The van der Waals surface area contributed by atoms with Crippen LogP contribution in [0, 0.1) is 24.0 Å². The molecule has 2 amide bonds. The van der Waals surface area contributed by atoms with Gasteiger partial charge in [-0.25, -0.2) is 13.2 Å². The van der Waals surface area contributed by atoms with Gasteiger partial charge in [0.2, 0.25) is 9.84 Å². The van der Waals surface area contributed by atoms with Gasteiger partial charge in [0.05, 0.1) is 4.90 Å². The van der Waals surface area contributed by atoms with E-state index in [1.54, 1.807) is 0 Å². The molecule has 8 nitrogen and oxygen atoms in total. The third-order valence-corrected chi connectivity index (χ3v) is 4.13. The second kappa shape index (κ2) is 5.22. The Labute approximate surface area is 109 Å². The number of sulfone groups is 1. The molecule has 9 heteroatoms. The molecule has 1 aromatic rings. The molecule has 0 aliphatic heterocycles. The smallest absolute Gasteiger partial charge is 0.316 e. The third kappa shape index (κ3) is 3.65. The van der Waals surface area contributed by atoms with Gasteiger partial charge in [-0.2, -0.15) is 0 Å². The minimum atomic E-state index is -4.01. The lowest BCUT2D eigenvalue weighted by atomic mass is 10.1. The van der Waals surface area contributed by atoms with Crippen molar-refractivity contribution < 1.29 is 18.1 Å². The second-order valence-corrected chi connectivity index (χ2v) is 5.90. The molecule has 0 fully saturated rings. The van der Waals surface area contributed by atoms with Gasteiger partial charge in [-0.15, -0.1) is 0 Å². The lowest BCUT2D eigenvalue weighted by molar-refractivity contribution is -0.458. The van der Waals surface area contributed by atoms with E-state index in [2.05, 4.69) is 5.32 Å². The third-order valence-electron chi connectivity index (χ3n) is 2.31. The van der Waals surface area contributed by atoms with Crippen molar-refractivity contribution in [3.8, 4) is 0 Å². The SMILES string of the molecule is Cc1cc(NC(N)=O)cc(C)c1S(=O)(=O)C[N+](=O)[O-]. The zero-order valence-corrected chi connectivity index (χ0v) is 11.2. The monoisotopic (exact) mass is 287 g/mol. The summed E-state index contributed by atoms with van der Waals surface area (Å²) in [5.74, 6) is -1.17. The van der Waals surface area contributed by atoms with Crippen LogP contribution in [0.3, 0.4) is 0 Å². The van der Waals surface area contributed by atoms with Crippen LogP contribution in [-0.2, 0) is 9.84 Å². The van der Waals surface area contributed by atoms with E-state index >= 15 is 0 Å². The predicted molar refractivity (Wildman–Crippen MR) is 68.2 cm³/mol. The molecule has 0 aromatic heterocycles. The molecule has 0 spiro atoms. The molecule has 104 valence electrons. The van der Waals surface area contributed by atoms with Gasteiger partial charge in [0.15, 0.2) is 0 Å². The van der Waals surface area contributed by atoms with E-state index in [-0.39, 0.29) is 4.90 Å². The average molecular weight is 287 g/mol. The number of aryl methyl sites for hydroxylation is 2. The van der Waals surface area contributed by atoms with Gasteiger partial charge in [0.25, 0.3) is 0 Å². The number of hydrogen-bond acceptors (Lipinski definition) is 5. The molecule has 0 bridgehead atoms. The van der Waals surface area contributed by atoms with E-state index in [1.807, 2.05) is 0 Å². The van der Waals surface area contributed by atoms with Crippen LogP contribution in [0.1, 0.15) is 11.1 Å². The Bertz CT molecular complexity index is 616. The van der Waals surface area contributed by atoms with Gasteiger partial charge >= 0.3 is 11.9 Å². The Morgan fingerprint density at radius 1 is 1.37 bits per heavy atom. The zero-order valence-electron chi connectivity index (χ0n) is 10.3. The highest BCUT2D eigenvalue weighted by atomic mass is 32.2. The summed E-state index contributed by atoms with van der Waals surface area (Å²) in [6, 6.07) is 2.01. The molecule has 0 radical (unpaired) electrons. The van der Waals surface area contributed by atoms with Crippen LogP contribution in [0.4, 0.5) is 10.5 Å². The number of anilines is 1. The Morgan fingerprint density at radius 3 is 2.21 bits per heavy atom. The van der Waals surface area contributed by atoms with Gasteiger partial charge < -0.3 is 11.1 Å². The summed E-state index contributed by atoms with van der Waals surface area (Å²) < 4.78 is 23.7. The maximum atomic E-state index is 11.9. The van der Waals surface area contributed by atoms with Gasteiger partial charge in [0.1, 0.15) is 0 Å². The first-order valence-electron chi connectivity index (χ1n) is 5.16. The topological polar surface area (TPSA) is 132 Å². The summed E-state index contributed by atoms with van der Waals surface area (Å²) in [5, 5.41) is 12.7. The van der Waals surface area contributed by atoms with E-state index < -0.39 is 26.7 Å². The fourth-order valence-corrected chi connectivity index (χ4v) is 3.36. The molecule has 0 aliphatic carbocycles. The number of nitrogens with zero attached hydrogens (tertiary/aromatic N) is 1. The maximum Gasteiger partial charge on any atom is 0.316 e. The Balaban J connectivity index is 3.32. The molecule has 0 heterocycles. The lowest BCUT2D eigenvalue weighted by Gasteiger charge is -2.11. The summed E-state index contributed by atoms with van der Waals surface area (Å²) in [7, 11) is -4.01. The molecular formula is C10H13N3O5S. The molecule has 0 unspecified atom stereocenters. The molecule has 19 heavy (non-hydrogen) atoms. The minimum Gasteiger partial charge on any atom is -0.351 e. The first kappa shape index (κ1) is 14.9. The minimum absolute atomic E-state index is 0.0979. The highest BCUT2D eigenvalue weighted by Gasteiger charge is 2.25. The molecule has 0 aliphatic rings. The van der Waals surface area contributed by atoms with Crippen molar-refractivity contribution in [1.82, 2.24) is 0 Å². The van der Waals surface area contributed by atoms with E-state index in [4.69, 9.17) is 5.73 Å². The summed E-state index contributed by atoms with van der Waals surface area (Å²) in [4.78, 5) is 20.1. The number of carbonyl (C=O) groups excluding carboxylic acids is 1. The van der Waals surface area contributed by atoms with Gasteiger partial charge in [-0.3, -0.25) is 10.1 Å². The van der Waals surface area contributed by atoms with E-state index in [0.29, 0.717) is 16.8 Å². The number of nitrogens with two attached hydrogens (primary N) is 1. The number of benzene rings is 1. The predicted octanol–water partition coefficient (Wildman–Crippen LogP) is 0.802. The molecule has 0 saturated carbocycles. The summed E-state index contributed by atoms with van der Waals surface area (Å²) in [5.41, 5.74) is 5.91. The molecular weight excluding hydrogens is 274 g/mol. The van der Waals surface area contributed by atoms with Gasteiger partial charge in [-0.1, -0.05) is 0 Å². The summed E-state index contributed by atoms with van der Waals surface area (Å²) in [6.07, 6.45) is 0. The lowest BCUT2D eigenvalue weighted by Crippen LogP contribution is -2.20. The van der Waals surface area contributed by atoms with Gasteiger partial charge in [-0.05, 0) is 37.1 Å². The number of primary amides is 1. The second-order valence-electron chi connectivity index (χ2n) is 4.00. The average Bonchev–Trinajstić information content (AvgIpc) is 2.10. The van der Waals surface area contributed by atoms with Crippen LogP contribution in [0.25, 0.3) is 0 Å². The number of nitro groups is 1. The van der Waals surface area contributed by atoms with E-state index in [9.17, 15) is 23.3 Å². The largest absolute Gasteiger partial charge is 0.351 e. The number of urea groups is 1. The highest BCUT2D eigenvalue weighted by Crippen LogP contribution is 2.25. The Kier molecular flexibility index (Phi) is 4.10. The number of rotatable bonds is 4. The molecule has 1 rings (SSSR count). The number of amides is 2. The Hall–Kier alpha value is -2.16. The quantitative estimate of drug-likeness (QED) is 0.624. The first-order chi connectivity index (χ1) is 8.63. The normalized spacial score (nSPS) is 11.1. The number of hydrogen-bond donors (Lipinski definition) is 2. The van der Waals surface area contributed by atoms with Crippen molar-refractivity contribution in [3.05, 3.63) is 33.4 Å². The standard InChI is InChI=1S/C10H13N3O5S/c1-6-3-8(12-10(11)14)4-7(2)9(6)19(17,18)5-13(15)16/h3-4H,5H2,1-2H3,(H3,11,12,14). The van der Waals surface area contributed by atoms with Crippen molar-refractivity contribution in [2.75, 3.05) is 11.2 Å². The van der Waals surface area contributed by atoms with Crippen LogP contribution in [0.2, 0.25) is 0 Å². The van der Waals surface area contributed by atoms with Crippen LogP contribution in [-0.4, -0.2) is 25.2 Å². The zero-order chi connectivity index (χ0) is 14.8. The van der Waals surface area contributed by atoms with Crippen molar-refractivity contribution in [2.45, 2.75) is 18.7 Å². The fourth-order valence-electron chi connectivity index (χ4n) is 1.86. The van der Waals surface area contributed by atoms with E-state index in [0.717, 1.165) is 0 Å². The number of nitrogens with one attached hydrogen (secondary N) is 1. The molecule has 3 N–H and O–H groups in total. The number of carbonyl (C=O) groups is 1.